The minimum absolute atomic E-state index is 0.00699. The van der Waals surface area contributed by atoms with Crippen LogP contribution in [-0.4, -0.2) is 14.2 Å². The molecule has 0 aliphatic heterocycles. The summed E-state index contributed by atoms with van der Waals surface area (Å²) in [5.74, 6) is 0. The van der Waals surface area contributed by atoms with Gasteiger partial charge in [-0.15, -0.1) is 0 Å². The quantitative estimate of drug-likeness (QED) is 0.693. The van der Waals surface area contributed by atoms with Crippen molar-refractivity contribution in [3.63, 3.8) is 0 Å². The Morgan fingerprint density at radius 3 is 2.83 bits per heavy atom. The fourth-order valence-electron chi connectivity index (χ4n) is 2.15. The van der Waals surface area contributed by atoms with E-state index in [4.69, 9.17) is 0 Å². The van der Waals surface area contributed by atoms with Gasteiger partial charge in [0.25, 0.3) is 5.56 Å². The molecule has 0 bridgehead atoms. The second-order valence-electron chi connectivity index (χ2n) is 4.28. The number of benzene rings is 1. The average molecular weight is 306 g/mol. The molecular formula is C13H12BrN3O. The number of hydrogen-bond donors (Lipinski definition) is 0. The van der Waals surface area contributed by atoms with Gasteiger partial charge < -0.3 is 0 Å². The SMILES string of the molecule is CCc1cc2n(C)c(=O)c3ccc(Br)cc3n2n1. The summed E-state index contributed by atoms with van der Waals surface area (Å²) in [6, 6.07) is 7.59. The lowest BCUT2D eigenvalue weighted by molar-refractivity contribution is 0.839. The summed E-state index contributed by atoms with van der Waals surface area (Å²) in [6.45, 7) is 2.05. The summed E-state index contributed by atoms with van der Waals surface area (Å²) in [4.78, 5) is 12.3. The molecule has 2 heterocycles. The maximum atomic E-state index is 12.3. The van der Waals surface area contributed by atoms with Crippen molar-refractivity contribution in [1.29, 1.82) is 0 Å². The molecule has 0 atom stereocenters. The van der Waals surface area contributed by atoms with E-state index in [-0.39, 0.29) is 5.56 Å². The summed E-state index contributed by atoms with van der Waals surface area (Å²) in [5, 5.41) is 5.22. The molecule has 2 aromatic heterocycles. The highest BCUT2D eigenvalue weighted by Gasteiger charge is 2.11. The standard InChI is InChI=1S/C13H12BrN3O/c1-3-9-7-12-16(2)13(18)10-5-4-8(14)6-11(10)17(12)15-9/h4-7H,3H2,1-2H3. The average Bonchev–Trinajstić information content (AvgIpc) is 2.80. The highest BCUT2D eigenvalue weighted by molar-refractivity contribution is 9.10. The molecule has 18 heavy (non-hydrogen) atoms. The molecule has 0 aliphatic rings. The zero-order valence-electron chi connectivity index (χ0n) is 10.1. The molecule has 92 valence electrons. The first kappa shape index (κ1) is 11.5. The number of halogens is 1. The minimum Gasteiger partial charge on any atom is -0.296 e. The van der Waals surface area contributed by atoms with E-state index in [1.807, 2.05) is 28.8 Å². The van der Waals surface area contributed by atoms with Crippen molar-refractivity contribution in [3.8, 4) is 0 Å². The third kappa shape index (κ3) is 1.50. The molecule has 0 saturated carbocycles. The fourth-order valence-corrected chi connectivity index (χ4v) is 2.50. The molecule has 5 heteroatoms. The number of hydrogen-bond acceptors (Lipinski definition) is 2. The minimum atomic E-state index is 0.00699. The van der Waals surface area contributed by atoms with E-state index in [1.165, 1.54) is 0 Å². The Bertz CT molecular complexity index is 816. The van der Waals surface area contributed by atoms with Gasteiger partial charge in [-0.1, -0.05) is 22.9 Å². The number of aromatic nitrogens is 3. The Morgan fingerprint density at radius 2 is 2.11 bits per heavy atom. The van der Waals surface area contributed by atoms with E-state index in [1.54, 1.807) is 11.6 Å². The van der Waals surface area contributed by atoms with Crippen molar-refractivity contribution < 1.29 is 0 Å². The molecule has 0 N–H and O–H groups in total. The normalized spacial score (nSPS) is 11.5. The van der Waals surface area contributed by atoms with Crippen LogP contribution in [0.3, 0.4) is 0 Å². The van der Waals surface area contributed by atoms with E-state index in [0.29, 0.717) is 5.39 Å². The van der Waals surface area contributed by atoms with Gasteiger partial charge in [0, 0.05) is 17.6 Å². The lowest BCUT2D eigenvalue weighted by Gasteiger charge is -2.06. The molecule has 3 rings (SSSR count). The Balaban J connectivity index is 2.61. The van der Waals surface area contributed by atoms with Gasteiger partial charge in [-0.2, -0.15) is 5.10 Å². The Morgan fingerprint density at radius 1 is 1.33 bits per heavy atom. The maximum Gasteiger partial charge on any atom is 0.261 e. The van der Waals surface area contributed by atoms with E-state index in [2.05, 4.69) is 28.0 Å². The molecule has 0 aliphatic carbocycles. The van der Waals surface area contributed by atoms with E-state index in [9.17, 15) is 4.79 Å². The second kappa shape index (κ2) is 3.95. The molecule has 0 unspecified atom stereocenters. The number of fused-ring (bicyclic) bond motifs is 3. The lowest BCUT2D eigenvalue weighted by atomic mass is 10.2. The molecule has 0 saturated heterocycles. The molecule has 1 aromatic carbocycles. The largest absolute Gasteiger partial charge is 0.296 e. The van der Waals surface area contributed by atoms with E-state index < -0.39 is 0 Å². The number of aryl methyl sites for hydroxylation is 2. The van der Waals surface area contributed by atoms with Crippen LogP contribution in [-0.2, 0) is 13.5 Å². The molecule has 3 aromatic rings. The van der Waals surface area contributed by atoms with Crippen LogP contribution in [0.1, 0.15) is 12.6 Å². The highest BCUT2D eigenvalue weighted by atomic mass is 79.9. The van der Waals surface area contributed by atoms with Crippen molar-refractivity contribution in [1.82, 2.24) is 14.2 Å². The summed E-state index contributed by atoms with van der Waals surface area (Å²) in [5.41, 5.74) is 2.65. The summed E-state index contributed by atoms with van der Waals surface area (Å²) >= 11 is 3.44. The van der Waals surface area contributed by atoms with Gasteiger partial charge in [0.05, 0.1) is 16.6 Å². The van der Waals surface area contributed by atoms with Crippen LogP contribution in [0.2, 0.25) is 0 Å². The first-order chi connectivity index (χ1) is 8.61. The Hall–Kier alpha value is -1.62. The van der Waals surface area contributed by atoms with Crippen molar-refractivity contribution in [2.75, 3.05) is 0 Å². The third-order valence-corrected chi connectivity index (χ3v) is 3.66. The lowest BCUT2D eigenvalue weighted by Crippen LogP contribution is -2.19. The molecule has 0 fully saturated rings. The van der Waals surface area contributed by atoms with Gasteiger partial charge in [-0.3, -0.25) is 9.36 Å². The summed E-state index contributed by atoms with van der Waals surface area (Å²) < 4.78 is 4.42. The molecule has 0 amide bonds. The maximum absolute atomic E-state index is 12.3. The molecular weight excluding hydrogens is 294 g/mol. The van der Waals surface area contributed by atoms with Crippen LogP contribution >= 0.6 is 15.9 Å². The van der Waals surface area contributed by atoms with Crippen molar-refractivity contribution >= 4 is 32.5 Å². The van der Waals surface area contributed by atoms with Gasteiger partial charge >= 0.3 is 0 Å². The Labute approximate surface area is 112 Å². The molecule has 4 nitrogen and oxygen atoms in total. The van der Waals surface area contributed by atoms with Gasteiger partial charge in [0.1, 0.15) is 5.65 Å². The first-order valence-electron chi connectivity index (χ1n) is 5.78. The number of rotatable bonds is 1. The summed E-state index contributed by atoms with van der Waals surface area (Å²) in [7, 11) is 1.78. The molecule has 0 radical (unpaired) electrons. The smallest absolute Gasteiger partial charge is 0.261 e. The van der Waals surface area contributed by atoms with Gasteiger partial charge in [-0.05, 0) is 24.6 Å². The van der Waals surface area contributed by atoms with Crippen molar-refractivity contribution in [2.24, 2.45) is 7.05 Å². The van der Waals surface area contributed by atoms with Crippen LogP contribution < -0.4 is 5.56 Å². The van der Waals surface area contributed by atoms with Gasteiger partial charge in [0.2, 0.25) is 0 Å². The first-order valence-corrected chi connectivity index (χ1v) is 6.58. The number of nitrogens with zero attached hydrogens (tertiary/aromatic N) is 3. The second-order valence-corrected chi connectivity index (χ2v) is 5.20. The highest BCUT2D eigenvalue weighted by Crippen LogP contribution is 2.19. The monoisotopic (exact) mass is 305 g/mol. The zero-order valence-corrected chi connectivity index (χ0v) is 11.7. The van der Waals surface area contributed by atoms with Crippen molar-refractivity contribution in [3.05, 3.63) is 44.8 Å². The van der Waals surface area contributed by atoms with Crippen LogP contribution in [0.4, 0.5) is 0 Å². The predicted molar refractivity (Wildman–Crippen MR) is 75.0 cm³/mol. The third-order valence-electron chi connectivity index (χ3n) is 3.17. The predicted octanol–water partition coefficient (Wildman–Crippen LogP) is 2.51. The van der Waals surface area contributed by atoms with Crippen LogP contribution in [0, 0.1) is 0 Å². The zero-order chi connectivity index (χ0) is 12.9. The van der Waals surface area contributed by atoms with Crippen LogP contribution in [0.25, 0.3) is 16.6 Å². The fraction of sp³-hybridized carbons (Fsp3) is 0.231. The van der Waals surface area contributed by atoms with E-state index >= 15 is 0 Å². The van der Waals surface area contributed by atoms with Crippen LogP contribution in [0.15, 0.2) is 33.5 Å². The van der Waals surface area contributed by atoms with Crippen LogP contribution in [0.5, 0.6) is 0 Å². The van der Waals surface area contributed by atoms with E-state index in [0.717, 1.165) is 27.8 Å². The van der Waals surface area contributed by atoms with Gasteiger partial charge in [0.15, 0.2) is 0 Å². The Kier molecular flexibility index (Phi) is 2.52. The topological polar surface area (TPSA) is 39.3 Å². The summed E-state index contributed by atoms with van der Waals surface area (Å²) in [6.07, 6.45) is 0.853. The van der Waals surface area contributed by atoms with Gasteiger partial charge in [-0.25, -0.2) is 4.52 Å². The van der Waals surface area contributed by atoms with Crippen molar-refractivity contribution in [2.45, 2.75) is 13.3 Å². The molecule has 0 spiro atoms.